The summed E-state index contributed by atoms with van der Waals surface area (Å²) in [6.07, 6.45) is 1.05. The fourth-order valence-corrected chi connectivity index (χ4v) is 4.44. The maximum absolute atomic E-state index is 13.6. The number of rotatable bonds is 11. The van der Waals surface area contributed by atoms with Gasteiger partial charge in [0.15, 0.2) is 5.78 Å². The molecule has 0 radical (unpaired) electrons. The molecule has 210 valence electrons. The Bertz CT molecular complexity index is 1160. The summed E-state index contributed by atoms with van der Waals surface area (Å²) in [4.78, 5) is 51.8. The van der Waals surface area contributed by atoms with Crippen molar-refractivity contribution in [1.82, 2.24) is 16.0 Å². The minimum atomic E-state index is -1.11. The van der Waals surface area contributed by atoms with Gasteiger partial charge in [-0.1, -0.05) is 56.3 Å². The van der Waals surface area contributed by atoms with Crippen LogP contribution in [0.3, 0.4) is 0 Å². The van der Waals surface area contributed by atoms with Gasteiger partial charge in [-0.15, -0.1) is 0 Å². The lowest BCUT2D eigenvalue weighted by Gasteiger charge is -2.28. The van der Waals surface area contributed by atoms with Gasteiger partial charge in [0.05, 0.1) is 19.8 Å². The summed E-state index contributed by atoms with van der Waals surface area (Å²) in [5, 5.41) is 8.40. The monoisotopic (exact) mass is 537 g/mol. The number of hydrogen-bond donors (Lipinski definition) is 3. The lowest BCUT2D eigenvalue weighted by molar-refractivity contribution is -0.135. The molecule has 0 saturated carbocycles. The number of amides is 3. The van der Waals surface area contributed by atoms with Crippen molar-refractivity contribution in [3.8, 4) is 5.75 Å². The summed E-state index contributed by atoms with van der Waals surface area (Å²) >= 11 is 0. The molecule has 2 aromatic carbocycles. The van der Waals surface area contributed by atoms with E-state index in [1.54, 1.807) is 33.1 Å². The average Bonchev–Trinajstić information content (AvgIpc) is 3.60. The van der Waals surface area contributed by atoms with Gasteiger partial charge in [-0.2, -0.15) is 0 Å². The Morgan fingerprint density at radius 2 is 1.54 bits per heavy atom. The summed E-state index contributed by atoms with van der Waals surface area (Å²) in [5.41, 5.74) is -0.347. The van der Waals surface area contributed by atoms with Crippen LogP contribution in [0.5, 0.6) is 5.75 Å². The molecule has 4 atom stereocenters. The van der Waals surface area contributed by atoms with Crippen LogP contribution < -0.4 is 20.7 Å². The van der Waals surface area contributed by atoms with E-state index in [1.807, 2.05) is 56.3 Å². The lowest BCUT2D eigenvalue weighted by atomic mass is 9.94. The number of ketones is 1. The van der Waals surface area contributed by atoms with Crippen LogP contribution in [0.2, 0.25) is 0 Å². The number of ether oxygens (including phenoxy) is 2. The van der Waals surface area contributed by atoms with Crippen molar-refractivity contribution in [1.29, 1.82) is 0 Å². The fraction of sp³-hybridized carbons (Fsp3) is 0.467. The van der Waals surface area contributed by atoms with Crippen molar-refractivity contribution < 1.29 is 28.7 Å². The van der Waals surface area contributed by atoms with Crippen LogP contribution in [-0.2, 0) is 36.8 Å². The Morgan fingerprint density at radius 3 is 2.08 bits per heavy atom. The predicted molar refractivity (Wildman–Crippen MR) is 147 cm³/mol. The molecule has 3 amide bonds. The zero-order valence-corrected chi connectivity index (χ0v) is 23.3. The molecule has 2 saturated heterocycles. The van der Waals surface area contributed by atoms with Crippen LogP contribution in [0.25, 0.3) is 0 Å². The first-order chi connectivity index (χ1) is 18.6. The third kappa shape index (κ3) is 7.66. The van der Waals surface area contributed by atoms with Crippen molar-refractivity contribution >= 4 is 23.5 Å². The highest BCUT2D eigenvalue weighted by atomic mass is 16.6. The van der Waals surface area contributed by atoms with Crippen LogP contribution in [0.4, 0.5) is 0 Å². The number of methoxy groups -OCH3 is 1. The smallest absolute Gasteiger partial charge is 0.246 e. The highest BCUT2D eigenvalue weighted by Crippen LogP contribution is 2.29. The van der Waals surface area contributed by atoms with E-state index in [9.17, 15) is 19.2 Å². The quantitative estimate of drug-likeness (QED) is 0.378. The molecule has 2 aromatic rings. The van der Waals surface area contributed by atoms with Crippen LogP contribution in [0.15, 0.2) is 54.6 Å². The predicted octanol–water partition coefficient (Wildman–Crippen LogP) is 2.50. The van der Waals surface area contributed by atoms with Crippen molar-refractivity contribution in [2.24, 2.45) is 0 Å². The molecule has 4 rings (SSSR count). The zero-order valence-electron chi connectivity index (χ0n) is 23.3. The molecule has 9 nitrogen and oxygen atoms in total. The molecule has 9 heteroatoms. The van der Waals surface area contributed by atoms with Gasteiger partial charge in [-0.05, 0) is 49.9 Å². The van der Waals surface area contributed by atoms with Gasteiger partial charge < -0.3 is 25.4 Å². The van der Waals surface area contributed by atoms with E-state index in [4.69, 9.17) is 9.47 Å². The molecule has 39 heavy (non-hydrogen) atoms. The minimum Gasteiger partial charge on any atom is -0.497 e. The van der Waals surface area contributed by atoms with E-state index in [-0.39, 0.29) is 24.5 Å². The van der Waals surface area contributed by atoms with Crippen molar-refractivity contribution in [3.05, 3.63) is 65.7 Å². The first kappa shape index (κ1) is 29.8. The first-order valence-corrected chi connectivity index (χ1v) is 13.4. The van der Waals surface area contributed by atoms with Crippen molar-refractivity contribution in [2.45, 2.75) is 76.6 Å². The van der Waals surface area contributed by atoms with E-state index in [0.717, 1.165) is 11.1 Å². The Balaban J connectivity index is 0.00000205. The minimum absolute atomic E-state index is 0.186. The summed E-state index contributed by atoms with van der Waals surface area (Å²) in [5.74, 6) is -0.693. The fourth-order valence-electron chi connectivity index (χ4n) is 4.44. The molecule has 3 N–H and O–H groups in total. The van der Waals surface area contributed by atoms with E-state index >= 15 is 0 Å². The SMILES string of the molecule is CC.COc1ccc(CC(NC(=O)C2(C)CCC(=O)N2)C(=O)NC(Cc2ccccc2)C(=O)C2(C)CO2)cc1. The molecule has 2 heterocycles. The highest BCUT2D eigenvalue weighted by molar-refractivity contribution is 5.99. The van der Waals surface area contributed by atoms with Gasteiger partial charge in [0.1, 0.15) is 22.9 Å². The summed E-state index contributed by atoms with van der Waals surface area (Å²) in [6.45, 7) is 7.65. The van der Waals surface area contributed by atoms with Gasteiger partial charge >= 0.3 is 0 Å². The number of hydrogen-bond acceptors (Lipinski definition) is 6. The molecular formula is C30H39N3O6. The van der Waals surface area contributed by atoms with Crippen LogP contribution in [-0.4, -0.2) is 60.4 Å². The second-order valence-corrected chi connectivity index (χ2v) is 10.1. The normalized spacial score (nSPS) is 22.8. The molecule has 4 unspecified atom stereocenters. The molecule has 0 bridgehead atoms. The Hall–Kier alpha value is -3.72. The Kier molecular flexibility index (Phi) is 9.86. The van der Waals surface area contributed by atoms with Crippen LogP contribution in [0, 0.1) is 0 Å². The molecule has 0 spiro atoms. The Labute approximate surface area is 230 Å². The van der Waals surface area contributed by atoms with Gasteiger partial charge in [-0.25, -0.2) is 0 Å². The van der Waals surface area contributed by atoms with Gasteiger partial charge in [-0.3, -0.25) is 19.2 Å². The van der Waals surface area contributed by atoms with E-state index < -0.39 is 35.0 Å². The summed E-state index contributed by atoms with van der Waals surface area (Å²) in [6, 6.07) is 14.8. The standard InChI is InChI=1S/C28H33N3O6.C2H6/c1-27(14-13-23(32)31-27)26(35)30-22(16-19-9-11-20(36-3)12-10-19)25(34)29-21(24(33)28(2)17-37-28)15-18-7-5-4-6-8-18;1-2/h4-12,21-22H,13-17H2,1-3H3,(H,29,34)(H,30,35)(H,31,32);1-2H3. The highest BCUT2D eigenvalue weighted by Gasteiger charge is 2.50. The van der Waals surface area contributed by atoms with E-state index in [0.29, 0.717) is 25.2 Å². The third-order valence-corrected chi connectivity index (χ3v) is 7.00. The topological polar surface area (TPSA) is 126 Å². The Morgan fingerprint density at radius 1 is 0.949 bits per heavy atom. The number of carbonyl (C=O) groups is 4. The number of benzene rings is 2. The van der Waals surface area contributed by atoms with Crippen LogP contribution >= 0.6 is 0 Å². The van der Waals surface area contributed by atoms with Gasteiger partial charge in [0.25, 0.3) is 0 Å². The van der Waals surface area contributed by atoms with Crippen molar-refractivity contribution in [2.75, 3.05) is 13.7 Å². The first-order valence-electron chi connectivity index (χ1n) is 13.4. The molecule has 2 aliphatic heterocycles. The summed E-state index contributed by atoms with van der Waals surface area (Å²) < 4.78 is 10.6. The van der Waals surface area contributed by atoms with E-state index in [2.05, 4.69) is 16.0 Å². The second-order valence-electron chi connectivity index (χ2n) is 10.1. The maximum Gasteiger partial charge on any atom is 0.246 e. The van der Waals surface area contributed by atoms with Crippen molar-refractivity contribution in [3.63, 3.8) is 0 Å². The van der Waals surface area contributed by atoms with Gasteiger partial charge in [0.2, 0.25) is 17.7 Å². The molecule has 0 aliphatic carbocycles. The molecule has 2 aliphatic rings. The number of epoxide rings is 1. The lowest BCUT2D eigenvalue weighted by Crippen LogP contribution is -2.59. The van der Waals surface area contributed by atoms with Gasteiger partial charge in [0, 0.05) is 12.8 Å². The molecule has 2 fully saturated rings. The average molecular weight is 538 g/mol. The largest absolute Gasteiger partial charge is 0.497 e. The molecule has 0 aromatic heterocycles. The third-order valence-electron chi connectivity index (χ3n) is 7.00. The van der Waals surface area contributed by atoms with E-state index in [1.165, 1.54) is 0 Å². The number of Topliss-reactive ketones (excluding diaryl/α,β-unsaturated/α-hetero) is 1. The second kappa shape index (κ2) is 12.9. The zero-order chi connectivity index (χ0) is 28.6. The number of nitrogens with one attached hydrogen (secondary N) is 3. The summed E-state index contributed by atoms with van der Waals surface area (Å²) in [7, 11) is 1.57. The van der Waals surface area contributed by atoms with Crippen LogP contribution in [0.1, 0.15) is 51.7 Å². The maximum atomic E-state index is 13.6. The molecular weight excluding hydrogens is 498 g/mol. The number of carbonyl (C=O) groups excluding carboxylic acids is 4.